The molecule has 0 aliphatic heterocycles. The molecule has 0 saturated carbocycles. The van der Waals surface area contributed by atoms with E-state index in [0.29, 0.717) is 0 Å². The summed E-state index contributed by atoms with van der Waals surface area (Å²) in [5.41, 5.74) is 32.6. The monoisotopic (exact) mass is 1410 g/mol. The lowest BCUT2D eigenvalue weighted by atomic mass is 9.70. The van der Waals surface area contributed by atoms with E-state index in [4.69, 9.17) is 13.9 Å². The largest absolute Gasteiger partial charge is 0.456 e. The Hall–Kier alpha value is -13.3. The highest BCUT2D eigenvalue weighted by Gasteiger charge is 2.53. The van der Waals surface area contributed by atoms with Crippen LogP contribution in [0.3, 0.4) is 0 Å². The number of hydrogen-bond acceptors (Lipinski definition) is 6. The van der Waals surface area contributed by atoms with Gasteiger partial charge in [0.25, 0.3) is 0 Å². The third-order valence-corrected chi connectivity index (χ3v) is 22.8. The van der Waals surface area contributed by atoms with Gasteiger partial charge in [0.1, 0.15) is 26.9 Å². The fourth-order valence-corrected chi connectivity index (χ4v) is 18.5. The third-order valence-electron chi connectivity index (χ3n) is 22.4. The number of hydrogen-bond donors (Lipinski definition) is 1. The third kappa shape index (κ3) is 8.67. The maximum atomic E-state index is 6.27. The van der Waals surface area contributed by atoms with Crippen molar-refractivity contribution in [3.63, 3.8) is 0 Å². The topological polar surface area (TPSA) is 76.2 Å². The Balaban J connectivity index is 0.000000114. The highest BCUT2D eigenvalue weighted by molar-refractivity contribution is 9.10. The van der Waals surface area contributed by atoms with Crippen molar-refractivity contribution < 1.29 is 8.83 Å². The summed E-state index contributed by atoms with van der Waals surface area (Å²) in [5, 5.41) is 20.2. The standard InChI is InChI=1S/C48H29N3O.C37H23NO.C11H7BrN2/c1-9-19-44-30(11-1)21-22-33-29-47(49-51(33)44)50(32-24-26-46-39(28-32)37-15-5-10-20-45(37)52-46)31-23-25-43-38(27-31)36-14-4-8-18-42(36)48(43)40-16-6-2-12-34(40)35-13-3-7-17-41(35)48;1-5-13-31-25(9-1)26-10-2-6-14-32(26)37(31)33-15-7-3-11-27(33)29-21-23(17-19-34(29)37)38-24-18-20-36-30(22-24)28-12-4-8-16-35(28)39-36;12-11-7-9-6-5-8-3-1-2-4-10(8)14(9)13-11/h1-29H;1-22,38H;1-7H. The molecule has 105 heavy (non-hydrogen) atoms. The van der Waals surface area contributed by atoms with Gasteiger partial charge in [-0.3, -0.25) is 4.90 Å². The lowest BCUT2D eigenvalue weighted by Gasteiger charge is -2.31. The van der Waals surface area contributed by atoms with Crippen LogP contribution >= 0.6 is 15.9 Å². The zero-order valence-corrected chi connectivity index (χ0v) is 58.0. The van der Waals surface area contributed by atoms with Crippen molar-refractivity contribution >= 4 is 121 Å². The van der Waals surface area contributed by atoms with Gasteiger partial charge in [0.05, 0.1) is 32.9 Å². The van der Waals surface area contributed by atoms with Crippen molar-refractivity contribution in [3.05, 3.63) is 401 Å². The first-order chi connectivity index (χ1) is 51.9. The maximum absolute atomic E-state index is 6.27. The van der Waals surface area contributed by atoms with E-state index in [0.717, 1.165) is 105 Å². The number of nitrogens with one attached hydrogen (secondary N) is 1. The summed E-state index contributed by atoms with van der Waals surface area (Å²) in [6, 6.07) is 126. The lowest BCUT2D eigenvalue weighted by molar-refractivity contribution is 0.668. The summed E-state index contributed by atoms with van der Waals surface area (Å²) in [7, 11) is 0. The number of para-hydroxylation sites is 4. The molecule has 6 aromatic heterocycles. The summed E-state index contributed by atoms with van der Waals surface area (Å²) in [6.45, 7) is 0. The second kappa shape index (κ2) is 22.8. The first-order valence-electron chi connectivity index (χ1n) is 35.6. The van der Waals surface area contributed by atoms with Crippen LogP contribution in [0.2, 0.25) is 0 Å². The molecular weight excluding hydrogens is 1350 g/mol. The molecule has 0 fully saturated rings. The molecule has 0 saturated heterocycles. The van der Waals surface area contributed by atoms with Gasteiger partial charge in [-0.15, -0.1) is 5.10 Å². The first kappa shape index (κ1) is 59.4. The van der Waals surface area contributed by atoms with Gasteiger partial charge >= 0.3 is 0 Å². The minimum atomic E-state index is -0.390. The number of nitrogens with zero attached hydrogens (tertiary/aromatic N) is 5. The average Bonchev–Trinajstić information content (AvgIpc) is 1.52. The number of furan rings is 2. The van der Waals surface area contributed by atoms with E-state index >= 15 is 0 Å². The van der Waals surface area contributed by atoms with Crippen LogP contribution < -0.4 is 10.2 Å². The smallest absolute Gasteiger partial charge is 0.160 e. The van der Waals surface area contributed by atoms with Gasteiger partial charge in [0.2, 0.25) is 0 Å². The van der Waals surface area contributed by atoms with Crippen molar-refractivity contribution in [2.45, 2.75) is 10.8 Å². The molecule has 0 radical (unpaired) electrons. The molecule has 2 spiro atoms. The van der Waals surface area contributed by atoms with Crippen molar-refractivity contribution in [3.8, 4) is 44.5 Å². The van der Waals surface area contributed by atoms with Crippen LogP contribution in [0.1, 0.15) is 44.5 Å². The van der Waals surface area contributed by atoms with E-state index < -0.39 is 0 Å². The van der Waals surface area contributed by atoms with Crippen LogP contribution in [-0.4, -0.2) is 19.2 Å². The average molecular weight is 1410 g/mol. The molecule has 0 unspecified atom stereocenters. The molecule has 14 aromatic carbocycles. The number of benzene rings is 14. The molecule has 0 atom stereocenters. The highest BCUT2D eigenvalue weighted by Crippen LogP contribution is 2.65. The summed E-state index contributed by atoms with van der Waals surface area (Å²) in [6.07, 6.45) is 0. The maximum Gasteiger partial charge on any atom is 0.160 e. The zero-order chi connectivity index (χ0) is 69.1. The van der Waals surface area contributed by atoms with E-state index in [1.807, 2.05) is 47.0 Å². The van der Waals surface area contributed by atoms with Gasteiger partial charge < -0.3 is 14.2 Å². The Morgan fingerprint density at radius 1 is 0.286 bits per heavy atom. The van der Waals surface area contributed by atoms with Crippen molar-refractivity contribution in [2.24, 2.45) is 0 Å². The SMILES string of the molecule is Brc1cc2ccc3ccccc3n2n1.c1ccc2c(c1)-c1ccccc1C21c2ccccc2-c2cc(N(c3ccc4oc5ccccc5c4c3)c3cc4ccc5ccccc5n4n3)ccc21.c1ccc2c(c1)-c1ccccc1C21c2ccccc2-c2cc(Nc3ccc4oc5ccccc5c4c3)ccc21. The van der Waals surface area contributed by atoms with Crippen molar-refractivity contribution in [1.29, 1.82) is 0 Å². The van der Waals surface area contributed by atoms with Crippen LogP contribution in [0.15, 0.2) is 365 Å². The fourth-order valence-electron chi connectivity index (χ4n) is 18.1. The van der Waals surface area contributed by atoms with Crippen molar-refractivity contribution in [1.82, 2.24) is 19.2 Å². The second-order valence-corrected chi connectivity index (χ2v) is 28.6. The van der Waals surface area contributed by atoms with Crippen LogP contribution in [0.4, 0.5) is 28.6 Å². The van der Waals surface area contributed by atoms with Crippen LogP contribution in [0.5, 0.6) is 0 Å². The van der Waals surface area contributed by atoms with Crippen LogP contribution in [0, 0.1) is 0 Å². The van der Waals surface area contributed by atoms with E-state index in [1.54, 1.807) is 0 Å². The first-order valence-corrected chi connectivity index (χ1v) is 36.4. The summed E-state index contributed by atoms with van der Waals surface area (Å²) >= 11 is 3.38. The zero-order valence-electron chi connectivity index (χ0n) is 56.4. The van der Waals surface area contributed by atoms with E-state index in [1.165, 1.54) is 94.4 Å². The summed E-state index contributed by atoms with van der Waals surface area (Å²) in [4.78, 5) is 2.30. The molecule has 4 aliphatic carbocycles. The van der Waals surface area contributed by atoms with Crippen LogP contribution in [-0.2, 0) is 10.8 Å². The molecule has 492 valence electrons. The van der Waals surface area contributed by atoms with Gasteiger partial charge in [-0.2, -0.15) is 5.10 Å². The van der Waals surface area contributed by atoms with Gasteiger partial charge in [0, 0.05) is 61.1 Å². The summed E-state index contributed by atoms with van der Waals surface area (Å²) in [5.74, 6) is 0.848. The van der Waals surface area contributed by atoms with Gasteiger partial charge in [0.15, 0.2) is 5.82 Å². The number of halogens is 1. The molecule has 6 heterocycles. The number of pyridine rings is 2. The van der Waals surface area contributed by atoms with Gasteiger partial charge in [-0.25, -0.2) is 9.03 Å². The molecule has 0 amide bonds. The predicted octanol–water partition coefficient (Wildman–Crippen LogP) is 25.1. The molecule has 1 N–H and O–H groups in total. The predicted molar refractivity (Wildman–Crippen MR) is 431 cm³/mol. The normalized spacial score (nSPS) is 13.3. The van der Waals surface area contributed by atoms with Gasteiger partial charge in [-0.1, -0.05) is 243 Å². The van der Waals surface area contributed by atoms with Gasteiger partial charge in [-0.05, 0) is 208 Å². The number of anilines is 5. The number of aromatic nitrogens is 4. The molecule has 20 aromatic rings. The minimum absolute atomic E-state index is 0.299. The Labute approximate surface area is 611 Å². The highest BCUT2D eigenvalue weighted by atomic mass is 79.9. The second-order valence-electron chi connectivity index (χ2n) is 27.7. The Kier molecular flexibility index (Phi) is 12.9. The molecule has 9 heteroatoms. The Bertz CT molecular complexity index is 6930. The molecular formula is C96H59BrN6O2. The molecule has 24 rings (SSSR count). The molecule has 8 nitrogen and oxygen atoms in total. The van der Waals surface area contributed by atoms with E-state index in [2.05, 4.69) is 345 Å². The van der Waals surface area contributed by atoms with E-state index in [9.17, 15) is 0 Å². The lowest BCUT2D eigenvalue weighted by Crippen LogP contribution is -2.25. The van der Waals surface area contributed by atoms with Crippen molar-refractivity contribution in [2.75, 3.05) is 10.2 Å². The summed E-state index contributed by atoms with van der Waals surface area (Å²) < 4.78 is 17.2. The van der Waals surface area contributed by atoms with E-state index in [-0.39, 0.29) is 10.8 Å². The number of fused-ring (bicyclic) bond motifs is 32. The molecule has 0 bridgehead atoms. The Morgan fingerprint density at radius 2 is 0.657 bits per heavy atom. The van der Waals surface area contributed by atoms with Crippen LogP contribution in [0.25, 0.3) is 121 Å². The quantitative estimate of drug-likeness (QED) is 0.185. The fraction of sp³-hybridized carbons (Fsp3) is 0.0208. The molecule has 4 aliphatic rings. The Morgan fingerprint density at radius 3 is 1.20 bits per heavy atom. The number of rotatable bonds is 5. The minimum Gasteiger partial charge on any atom is -0.456 e.